The van der Waals surface area contributed by atoms with Crippen molar-refractivity contribution in [2.45, 2.75) is 32.3 Å². The number of anilines is 1. The molecule has 0 radical (unpaired) electrons. The molecule has 43 heavy (non-hydrogen) atoms. The van der Waals surface area contributed by atoms with Crippen LogP contribution >= 0.6 is 0 Å². The van der Waals surface area contributed by atoms with Gasteiger partial charge < -0.3 is 36.7 Å². The molecule has 220 valence electrons. The highest BCUT2D eigenvalue weighted by Crippen LogP contribution is 2.41. The van der Waals surface area contributed by atoms with Gasteiger partial charge in [0.05, 0.1) is 31.4 Å². The SMILES string of the molecule is COc1cccc(OC)c1COC(=O)c1ccccc1C1=c2cc3c(cc2Oc2cc4c(cc21)CCCN4)=[NH+]CCC3.[Cl-]. The molecule has 7 nitrogen and oxygen atoms in total. The first-order valence-electron chi connectivity index (χ1n) is 14.5. The van der Waals surface area contributed by atoms with E-state index in [1.165, 1.54) is 11.1 Å². The van der Waals surface area contributed by atoms with Gasteiger partial charge in [0, 0.05) is 46.6 Å². The molecule has 3 aliphatic rings. The number of halogens is 1. The maximum absolute atomic E-state index is 13.8. The number of benzene rings is 4. The topological polar surface area (TPSA) is 80.0 Å². The number of fused-ring (bicyclic) bond motifs is 4. The van der Waals surface area contributed by atoms with Gasteiger partial charge in [-0.05, 0) is 60.7 Å². The van der Waals surface area contributed by atoms with E-state index in [9.17, 15) is 4.79 Å². The van der Waals surface area contributed by atoms with Gasteiger partial charge in [0.25, 0.3) is 0 Å². The zero-order valence-corrected chi connectivity index (χ0v) is 25.0. The van der Waals surface area contributed by atoms with Crippen molar-refractivity contribution in [2.24, 2.45) is 0 Å². The number of carbonyl (C=O) groups excluding carboxylic acids is 1. The van der Waals surface area contributed by atoms with E-state index in [0.29, 0.717) is 22.6 Å². The molecule has 0 unspecified atom stereocenters. The first kappa shape index (κ1) is 28.6. The summed E-state index contributed by atoms with van der Waals surface area (Å²) in [4.78, 5) is 17.3. The summed E-state index contributed by atoms with van der Waals surface area (Å²) in [6.07, 6.45) is 4.14. The lowest BCUT2D eigenvalue weighted by molar-refractivity contribution is -0.505. The van der Waals surface area contributed by atoms with Gasteiger partial charge in [0.1, 0.15) is 36.1 Å². The number of hydrogen-bond acceptors (Lipinski definition) is 6. The molecule has 3 aliphatic heterocycles. The van der Waals surface area contributed by atoms with Gasteiger partial charge in [-0.2, -0.15) is 0 Å². The van der Waals surface area contributed by atoms with E-state index in [4.69, 9.17) is 18.9 Å². The minimum absolute atomic E-state index is 0. The van der Waals surface area contributed by atoms with Gasteiger partial charge in [-0.1, -0.05) is 24.3 Å². The molecule has 8 heteroatoms. The number of hydrogen-bond donors (Lipinski definition) is 2. The third-order valence-electron chi connectivity index (χ3n) is 8.34. The number of methoxy groups -OCH3 is 2. The fourth-order valence-corrected chi connectivity index (χ4v) is 6.27. The average molecular weight is 597 g/mol. The van der Waals surface area contributed by atoms with Crippen LogP contribution in [-0.2, 0) is 24.2 Å². The van der Waals surface area contributed by atoms with E-state index in [0.717, 1.165) is 83.2 Å². The average Bonchev–Trinajstić information content (AvgIpc) is 3.04. The van der Waals surface area contributed by atoms with Gasteiger partial charge in [-0.25, -0.2) is 9.79 Å². The first-order valence-corrected chi connectivity index (χ1v) is 14.5. The molecule has 3 heterocycles. The summed E-state index contributed by atoms with van der Waals surface area (Å²) in [5.41, 5.74) is 7.58. The van der Waals surface area contributed by atoms with Crippen LogP contribution in [0.2, 0.25) is 0 Å². The highest BCUT2D eigenvalue weighted by Gasteiger charge is 2.28. The molecule has 0 saturated heterocycles. The van der Waals surface area contributed by atoms with Crippen LogP contribution in [0.25, 0.3) is 5.57 Å². The van der Waals surface area contributed by atoms with E-state index in [-0.39, 0.29) is 19.0 Å². The van der Waals surface area contributed by atoms with Crippen molar-refractivity contribution in [3.63, 3.8) is 0 Å². The third-order valence-corrected chi connectivity index (χ3v) is 8.34. The van der Waals surface area contributed by atoms with E-state index in [2.05, 4.69) is 34.6 Å². The molecule has 4 aromatic rings. The van der Waals surface area contributed by atoms with Crippen LogP contribution in [0, 0.1) is 0 Å². The predicted molar refractivity (Wildman–Crippen MR) is 159 cm³/mol. The summed E-state index contributed by atoms with van der Waals surface area (Å²) in [5.74, 6) is 2.36. The molecule has 0 fully saturated rings. The molecule has 4 aromatic carbocycles. The molecule has 2 N–H and O–H groups in total. The lowest BCUT2D eigenvalue weighted by Gasteiger charge is -2.26. The second-order valence-corrected chi connectivity index (χ2v) is 10.8. The zero-order valence-electron chi connectivity index (χ0n) is 24.2. The Labute approximate surface area is 256 Å². The normalized spacial score (nSPS) is 14.2. The summed E-state index contributed by atoms with van der Waals surface area (Å²) in [6.45, 7) is 1.91. The number of carbonyl (C=O) groups is 1. The Kier molecular flexibility index (Phi) is 8.00. The molecule has 0 amide bonds. The van der Waals surface area contributed by atoms with Crippen LogP contribution in [0.1, 0.15) is 51.0 Å². The third kappa shape index (κ3) is 5.19. The van der Waals surface area contributed by atoms with Crippen LogP contribution in [0.5, 0.6) is 23.0 Å². The smallest absolute Gasteiger partial charge is 0.339 e. The lowest BCUT2D eigenvalue weighted by atomic mass is 9.87. The van der Waals surface area contributed by atoms with Crippen molar-refractivity contribution in [2.75, 3.05) is 32.6 Å². The summed E-state index contributed by atoms with van der Waals surface area (Å²) in [5, 5.41) is 5.62. The molecule has 0 atom stereocenters. The lowest BCUT2D eigenvalue weighted by Crippen LogP contribution is -3.00. The Morgan fingerprint density at radius 2 is 1.67 bits per heavy atom. The predicted octanol–water partition coefficient (Wildman–Crippen LogP) is 0.422. The van der Waals surface area contributed by atoms with Gasteiger partial charge >= 0.3 is 5.97 Å². The summed E-state index contributed by atoms with van der Waals surface area (Å²) < 4.78 is 23.5. The maximum atomic E-state index is 13.8. The standard InChI is InChI=1S/C35H32N2O5.ClH/c1-39-30-12-5-13-31(40-2)27(30)20-41-35(38)24-11-4-3-10-23(24)34-25-16-21-8-6-14-36-28(21)18-32(25)42-33-19-29-22(17-26(33)34)9-7-15-37-29;/h3-5,10-13,16-19,36H,6-9,14-15,20H2,1-2H3;1H. The number of rotatable bonds is 6. The van der Waals surface area contributed by atoms with Gasteiger partial charge in [-0.15, -0.1) is 0 Å². The Hall–Kier alpha value is -4.49. The van der Waals surface area contributed by atoms with E-state index in [1.807, 2.05) is 42.5 Å². The molecule has 0 bridgehead atoms. The Morgan fingerprint density at radius 1 is 0.884 bits per heavy atom. The highest BCUT2D eigenvalue weighted by molar-refractivity contribution is 5.99. The fourth-order valence-electron chi connectivity index (χ4n) is 6.27. The first-order chi connectivity index (χ1) is 20.6. The number of nitrogens with one attached hydrogen (secondary N) is 2. The van der Waals surface area contributed by atoms with Gasteiger partial charge in [0.2, 0.25) is 5.36 Å². The Balaban J connectivity index is 0.00000329. The van der Waals surface area contributed by atoms with Crippen molar-refractivity contribution in [1.29, 1.82) is 0 Å². The molecular formula is C35H33ClN2O5. The van der Waals surface area contributed by atoms with Crippen molar-refractivity contribution >= 4 is 17.2 Å². The van der Waals surface area contributed by atoms with Gasteiger partial charge in [-0.3, -0.25) is 0 Å². The van der Waals surface area contributed by atoms with Crippen LogP contribution < -0.4 is 47.5 Å². The Bertz CT molecular complexity index is 1830. The fraction of sp³-hybridized carbons (Fsp3) is 0.257. The van der Waals surface area contributed by atoms with Crippen LogP contribution in [0.4, 0.5) is 5.69 Å². The maximum Gasteiger partial charge on any atom is 0.339 e. The van der Waals surface area contributed by atoms with Crippen LogP contribution in [0.3, 0.4) is 0 Å². The second kappa shape index (κ2) is 12.0. The Morgan fingerprint density at radius 3 is 2.49 bits per heavy atom. The molecule has 0 aromatic heterocycles. The minimum Gasteiger partial charge on any atom is -1.00 e. The van der Waals surface area contributed by atoms with Crippen LogP contribution in [0.15, 0.2) is 66.7 Å². The number of aryl methyl sites for hydroxylation is 2. The summed E-state index contributed by atoms with van der Waals surface area (Å²) in [6, 6.07) is 21.9. The summed E-state index contributed by atoms with van der Waals surface area (Å²) in [7, 11) is 3.18. The van der Waals surface area contributed by atoms with Crippen molar-refractivity contribution < 1.29 is 41.1 Å². The number of ether oxygens (including phenoxy) is 4. The van der Waals surface area contributed by atoms with Crippen LogP contribution in [-0.4, -0.2) is 33.3 Å². The summed E-state index contributed by atoms with van der Waals surface area (Å²) >= 11 is 0. The van der Waals surface area contributed by atoms with Gasteiger partial charge in [0.15, 0.2) is 0 Å². The zero-order chi connectivity index (χ0) is 28.6. The molecule has 0 spiro atoms. The molecule has 0 aliphatic carbocycles. The van der Waals surface area contributed by atoms with E-state index < -0.39 is 5.97 Å². The second-order valence-electron chi connectivity index (χ2n) is 10.8. The van der Waals surface area contributed by atoms with Crippen molar-refractivity contribution in [1.82, 2.24) is 0 Å². The van der Waals surface area contributed by atoms with Crippen molar-refractivity contribution in [3.8, 4) is 23.0 Å². The molecule has 7 rings (SSSR count). The monoisotopic (exact) mass is 596 g/mol. The number of esters is 1. The highest BCUT2D eigenvalue weighted by atomic mass is 35.5. The van der Waals surface area contributed by atoms with Crippen molar-refractivity contribution in [3.05, 3.63) is 111 Å². The van der Waals surface area contributed by atoms with E-state index >= 15 is 0 Å². The minimum atomic E-state index is -0.417. The quantitative estimate of drug-likeness (QED) is 0.277. The molecular weight excluding hydrogens is 564 g/mol. The molecule has 0 saturated carbocycles. The van der Waals surface area contributed by atoms with E-state index in [1.54, 1.807) is 14.2 Å². The largest absolute Gasteiger partial charge is 1.00 e.